The molecular weight excluding hydrogens is 296 g/mol. The second kappa shape index (κ2) is 6.78. The number of carbonyl (C=O) groups excluding carboxylic acids is 1. The monoisotopic (exact) mass is 312 g/mol. The molecule has 0 aliphatic carbocycles. The number of carbonyl (C=O) groups is 2. The number of aromatic carboxylic acids is 1. The van der Waals surface area contributed by atoms with Crippen LogP contribution in [0.5, 0.6) is 0 Å². The van der Waals surface area contributed by atoms with Crippen molar-refractivity contribution < 1.29 is 19.4 Å². The molecule has 7 heteroatoms. The van der Waals surface area contributed by atoms with E-state index in [0.29, 0.717) is 31.3 Å². The third-order valence-electron chi connectivity index (χ3n) is 3.42. The Balaban J connectivity index is 2.00. The average Bonchev–Trinajstić information content (AvgIpc) is 2.90. The maximum absolute atomic E-state index is 12.1. The number of hydrogen-bond acceptors (Lipinski definition) is 3. The molecule has 1 aliphatic rings. The van der Waals surface area contributed by atoms with Gasteiger partial charge in [-0.2, -0.15) is 0 Å². The third-order valence-corrected chi connectivity index (χ3v) is 3.75. The Hall–Kier alpha value is -1.79. The molecule has 0 radical (unpaired) electrons. The molecule has 1 aromatic carbocycles. The van der Waals surface area contributed by atoms with Gasteiger partial charge in [-0.05, 0) is 24.6 Å². The lowest BCUT2D eigenvalue weighted by Crippen LogP contribution is -2.33. The molecular formula is C14H17ClN2O4. The first-order valence-corrected chi connectivity index (χ1v) is 6.96. The number of likely N-dealkylation sites (tertiary alicyclic amines) is 1. The molecule has 0 bridgehead atoms. The van der Waals surface area contributed by atoms with Gasteiger partial charge < -0.3 is 20.1 Å². The Morgan fingerprint density at radius 1 is 1.52 bits per heavy atom. The number of rotatable bonds is 4. The standard InChI is InChI=1S/C14H17ClN2O4/c1-21-8-9-4-5-17(7-9)14(20)16-10-2-3-12(15)11(6-10)13(18)19/h2-3,6,9H,4-5,7-8H2,1H3,(H,16,20)(H,18,19). The molecule has 1 heterocycles. The molecule has 1 aromatic rings. The van der Waals surface area contributed by atoms with Crippen molar-refractivity contribution in [2.45, 2.75) is 6.42 Å². The van der Waals surface area contributed by atoms with E-state index in [1.54, 1.807) is 18.1 Å². The van der Waals surface area contributed by atoms with Crippen LogP contribution in [0.3, 0.4) is 0 Å². The number of urea groups is 1. The van der Waals surface area contributed by atoms with Crippen molar-refractivity contribution in [2.24, 2.45) is 5.92 Å². The number of carboxylic acids is 1. The first-order chi connectivity index (χ1) is 10.0. The van der Waals surface area contributed by atoms with Gasteiger partial charge in [0.25, 0.3) is 0 Å². The Labute approximate surface area is 127 Å². The highest BCUT2D eigenvalue weighted by molar-refractivity contribution is 6.33. The summed E-state index contributed by atoms with van der Waals surface area (Å²) in [6.45, 7) is 1.94. The van der Waals surface area contributed by atoms with Gasteiger partial charge >= 0.3 is 12.0 Å². The minimum absolute atomic E-state index is 0.0341. The largest absolute Gasteiger partial charge is 0.478 e. The van der Waals surface area contributed by atoms with E-state index >= 15 is 0 Å². The summed E-state index contributed by atoms with van der Waals surface area (Å²) in [5.74, 6) is -0.780. The first kappa shape index (κ1) is 15.6. The van der Waals surface area contributed by atoms with E-state index in [0.717, 1.165) is 6.42 Å². The van der Waals surface area contributed by atoms with Crippen molar-refractivity contribution in [3.63, 3.8) is 0 Å². The predicted octanol–water partition coefficient (Wildman–Crippen LogP) is 2.54. The maximum atomic E-state index is 12.1. The van der Waals surface area contributed by atoms with Gasteiger partial charge in [-0.25, -0.2) is 9.59 Å². The summed E-state index contributed by atoms with van der Waals surface area (Å²) in [7, 11) is 1.64. The lowest BCUT2D eigenvalue weighted by atomic mass is 10.1. The second-order valence-electron chi connectivity index (χ2n) is 4.99. The number of carboxylic acid groups (broad SMARTS) is 1. The number of halogens is 1. The highest BCUT2D eigenvalue weighted by Gasteiger charge is 2.26. The van der Waals surface area contributed by atoms with Crippen LogP contribution in [-0.2, 0) is 4.74 Å². The number of nitrogens with one attached hydrogen (secondary N) is 1. The number of nitrogens with zero attached hydrogens (tertiary/aromatic N) is 1. The van der Waals surface area contributed by atoms with Gasteiger partial charge in [0, 0.05) is 31.8 Å². The Morgan fingerprint density at radius 3 is 2.95 bits per heavy atom. The predicted molar refractivity (Wildman–Crippen MR) is 79.0 cm³/mol. The van der Waals surface area contributed by atoms with Crippen LogP contribution in [0.25, 0.3) is 0 Å². The SMILES string of the molecule is COCC1CCN(C(=O)Nc2ccc(Cl)c(C(=O)O)c2)C1. The molecule has 114 valence electrons. The van der Waals surface area contributed by atoms with Crippen molar-refractivity contribution in [2.75, 3.05) is 32.1 Å². The third kappa shape index (κ3) is 3.86. The molecule has 2 rings (SSSR count). The zero-order valence-corrected chi connectivity index (χ0v) is 12.4. The van der Waals surface area contributed by atoms with Crippen molar-refractivity contribution in [1.82, 2.24) is 4.90 Å². The summed E-state index contributed by atoms with van der Waals surface area (Å²) in [6.07, 6.45) is 0.905. The van der Waals surface area contributed by atoms with Gasteiger partial charge in [0.15, 0.2) is 0 Å². The van der Waals surface area contributed by atoms with Crippen LogP contribution < -0.4 is 5.32 Å². The van der Waals surface area contributed by atoms with Gasteiger partial charge in [-0.15, -0.1) is 0 Å². The van der Waals surface area contributed by atoms with Crippen molar-refractivity contribution >= 4 is 29.3 Å². The van der Waals surface area contributed by atoms with Gasteiger partial charge in [-0.3, -0.25) is 0 Å². The van der Waals surface area contributed by atoms with Crippen molar-refractivity contribution in [1.29, 1.82) is 0 Å². The minimum atomic E-state index is -1.13. The maximum Gasteiger partial charge on any atom is 0.337 e. The molecule has 1 aliphatic heterocycles. The van der Waals surface area contributed by atoms with Crippen molar-refractivity contribution in [3.8, 4) is 0 Å². The summed E-state index contributed by atoms with van der Waals surface area (Å²) >= 11 is 5.79. The molecule has 6 nitrogen and oxygen atoms in total. The summed E-state index contributed by atoms with van der Waals surface area (Å²) in [5, 5.41) is 11.8. The Kier molecular flexibility index (Phi) is 5.03. The molecule has 0 aromatic heterocycles. The normalized spacial score (nSPS) is 17.8. The van der Waals surface area contributed by atoms with Gasteiger partial charge in [0.1, 0.15) is 0 Å². The van der Waals surface area contributed by atoms with E-state index in [9.17, 15) is 9.59 Å². The summed E-state index contributed by atoms with van der Waals surface area (Å²) in [4.78, 5) is 24.8. The van der Waals surface area contributed by atoms with Crippen LogP contribution in [0.4, 0.5) is 10.5 Å². The van der Waals surface area contributed by atoms with Crippen molar-refractivity contribution in [3.05, 3.63) is 28.8 Å². The Bertz CT molecular complexity index is 550. The van der Waals surface area contributed by atoms with Gasteiger partial charge in [-0.1, -0.05) is 11.6 Å². The molecule has 1 saturated heterocycles. The highest BCUT2D eigenvalue weighted by Crippen LogP contribution is 2.22. The lowest BCUT2D eigenvalue weighted by Gasteiger charge is -2.17. The molecule has 2 amide bonds. The molecule has 21 heavy (non-hydrogen) atoms. The smallest absolute Gasteiger partial charge is 0.337 e. The van der Waals surface area contributed by atoms with E-state index in [4.69, 9.17) is 21.4 Å². The second-order valence-corrected chi connectivity index (χ2v) is 5.39. The van der Waals surface area contributed by atoms with E-state index in [1.807, 2.05) is 0 Å². The van der Waals surface area contributed by atoms with Crippen LogP contribution in [0, 0.1) is 5.92 Å². The molecule has 2 N–H and O–H groups in total. The highest BCUT2D eigenvalue weighted by atomic mass is 35.5. The molecule has 0 spiro atoms. The number of methoxy groups -OCH3 is 1. The van der Waals surface area contributed by atoms with Crippen LogP contribution >= 0.6 is 11.6 Å². The number of hydrogen-bond donors (Lipinski definition) is 2. The topological polar surface area (TPSA) is 78.9 Å². The van der Waals surface area contributed by atoms with E-state index < -0.39 is 5.97 Å². The van der Waals surface area contributed by atoms with E-state index in [1.165, 1.54) is 12.1 Å². The summed E-state index contributed by atoms with van der Waals surface area (Å²) in [5.41, 5.74) is 0.380. The number of ether oxygens (including phenoxy) is 1. The zero-order valence-electron chi connectivity index (χ0n) is 11.6. The molecule has 1 unspecified atom stereocenters. The number of benzene rings is 1. The fraction of sp³-hybridized carbons (Fsp3) is 0.429. The van der Waals surface area contributed by atoms with Crippen LogP contribution in [-0.4, -0.2) is 48.8 Å². The Morgan fingerprint density at radius 2 is 2.29 bits per heavy atom. The van der Waals surface area contributed by atoms with Gasteiger partial charge in [0.05, 0.1) is 17.2 Å². The quantitative estimate of drug-likeness (QED) is 0.895. The van der Waals surface area contributed by atoms with E-state index in [-0.39, 0.29) is 16.6 Å². The summed E-state index contributed by atoms with van der Waals surface area (Å²) in [6, 6.07) is 4.14. The number of anilines is 1. The molecule has 1 atom stereocenters. The number of amides is 2. The first-order valence-electron chi connectivity index (χ1n) is 6.59. The minimum Gasteiger partial charge on any atom is -0.478 e. The molecule has 1 fully saturated rings. The fourth-order valence-corrected chi connectivity index (χ4v) is 2.56. The molecule has 0 saturated carbocycles. The van der Waals surface area contributed by atoms with E-state index in [2.05, 4.69) is 5.32 Å². The lowest BCUT2D eigenvalue weighted by molar-refractivity contribution is 0.0697. The summed E-state index contributed by atoms with van der Waals surface area (Å²) < 4.78 is 5.09. The average molecular weight is 313 g/mol. The fourth-order valence-electron chi connectivity index (χ4n) is 2.36. The van der Waals surface area contributed by atoms with Gasteiger partial charge in [0.2, 0.25) is 0 Å². The van der Waals surface area contributed by atoms with Crippen LogP contribution in [0.15, 0.2) is 18.2 Å². The van der Waals surface area contributed by atoms with Crippen LogP contribution in [0.1, 0.15) is 16.8 Å². The zero-order chi connectivity index (χ0) is 15.4. The van der Waals surface area contributed by atoms with Crippen LogP contribution in [0.2, 0.25) is 5.02 Å².